The smallest absolute Gasteiger partial charge is 0.237 e. The average molecular weight is 475 g/mol. The monoisotopic (exact) mass is 474 g/mol. The molecule has 10 heteroatoms. The molecule has 1 aromatic heterocycles. The minimum Gasteiger partial charge on any atom is -0.496 e. The third-order valence-electron chi connectivity index (χ3n) is 5.10. The number of anilines is 2. The van der Waals surface area contributed by atoms with Crippen LogP contribution in [0.25, 0.3) is 10.9 Å². The van der Waals surface area contributed by atoms with E-state index < -0.39 is 5.82 Å². The number of halogens is 2. The number of amides is 1. The number of nitrogens with zero attached hydrogens (tertiary/aromatic N) is 3. The van der Waals surface area contributed by atoms with Gasteiger partial charge in [0.25, 0.3) is 0 Å². The number of carbonyl (C=O) groups excluding carboxylic acids is 1. The van der Waals surface area contributed by atoms with Gasteiger partial charge in [-0.05, 0) is 39.2 Å². The molecule has 3 N–H and O–H groups in total. The summed E-state index contributed by atoms with van der Waals surface area (Å²) in [6.45, 7) is 3.60. The summed E-state index contributed by atoms with van der Waals surface area (Å²) in [5, 5.41) is 9.77. The zero-order chi connectivity index (χ0) is 24.0. The quantitative estimate of drug-likeness (QED) is 0.415. The van der Waals surface area contributed by atoms with Crippen LogP contribution in [0.3, 0.4) is 0 Å². The molecule has 0 bridgehead atoms. The van der Waals surface area contributed by atoms with E-state index in [-0.39, 0.29) is 29.2 Å². The zero-order valence-electron chi connectivity index (χ0n) is 19.1. The van der Waals surface area contributed by atoms with E-state index in [2.05, 4.69) is 25.9 Å². The summed E-state index contributed by atoms with van der Waals surface area (Å²) < 4.78 is 19.9. The normalized spacial score (nSPS) is 12.1. The highest BCUT2D eigenvalue weighted by molar-refractivity contribution is 6.31. The molecule has 176 valence electrons. The van der Waals surface area contributed by atoms with E-state index in [9.17, 15) is 9.18 Å². The lowest BCUT2D eigenvalue weighted by Gasteiger charge is -2.17. The number of carbonyl (C=O) groups is 1. The van der Waals surface area contributed by atoms with Gasteiger partial charge >= 0.3 is 0 Å². The first-order valence-electron chi connectivity index (χ1n) is 10.5. The molecule has 0 unspecified atom stereocenters. The second-order valence-electron chi connectivity index (χ2n) is 7.83. The molecule has 0 aliphatic heterocycles. The van der Waals surface area contributed by atoms with Gasteiger partial charge in [0.05, 0.1) is 29.4 Å². The standard InChI is InChI=1S/C23H28ClFN6O2/c1-14(26-8-9-31(2)3)23(32)27-12-15-10-16-19(11-20(15)33-4)28-13-29-22(16)30-18-7-5-6-17(24)21(18)25/h5-7,10-11,13-14,26H,8-9,12H2,1-4H3,(H,27,32)(H,28,29,30)/t14-/m0/s1. The van der Waals surface area contributed by atoms with Crippen LogP contribution >= 0.6 is 11.6 Å². The van der Waals surface area contributed by atoms with Crippen LogP contribution in [0.2, 0.25) is 5.02 Å². The largest absolute Gasteiger partial charge is 0.496 e. The van der Waals surface area contributed by atoms with Crippen molar-refractivity contribution in [2.45, 2.75) is 19.5 Å². The minimum absolute atomic E-state index is 0.0109. The van der Waals surface area contributed by atoms with Crippen molar-refractivity contribution in [3.8, 4) is 5.75 Å². The first-order valence-corrected chi connectivity index (χ1v) is 10.9. The summed E-state index contributed by atoms with van der Waals surface area (Å²) in [5.74, 6) is 0.298. The SMILES string of the molecule is COc1cc2ncnc(Nc3cccc(Cl)c3F)c2cc1CNC(=O)[C@H](C)NCCN(C)C. The Morgan fingerprint density at radius 3 is 2.79 bits per heavy atom. The Kier molecular flexibility index (Phi) is 8.37. The molecule has 0 fully saturated rings. The first-order chi connectivity index (χ1) is 15.8. The summed E-state index contributed by atoms with van der Waals surface area (Å²) >= 11 is 5.89. The second-order valence-corrected chi connectivity index (χ2v) is 8.23. The van der Waals surface area contributed by atoms with Crippen molar-refractivity contribution in [2.24, 2.45) is 0 Å². The molecule has 0 aliphatic carbocycles. The summed E-state index contributed by atoms with van der Waals surface area (Å²) in [4.78, 5) is 23.1. The maximum Gasteiger partial charge on any atom is 0.237 e. The van der Waals surface area contributed by atoms with Crippen molar-refractivity contribution in [1.82, 2.24) is 25.5 Å². The van der Waals surface area contributed by atoms with Crippen molar-refractivity contribution in [2.75, 3.05) is 39.6 Å². The van der Waals surface area contributed by atoms with Crippen LogP contribution in [0, 0.1) is 5.82 Å². The Morgan fingerprint density at radius 2 is 2.06 bits per heavy atom. The van der Waals surface area contributed by atoms with Gasteiger partial charge in [0.1, 0.15) is 17.9 Å². The van der Waals surface area contributed by atoms with Crippen molar-refractivity contribution in [3.63, 3.8) is 0 Å². The van der Waals surface area contributed by atoms with Crippen LogP contribution in [0.4, 0.5) is 15.9 Å². The third-order valence-corrected chi connectivity index (χ3v) is 5.39. The molecule has 1 amide bonds. The van der Waals surface area contributed by atoms with Gasteiger partial charge in [0.2, 0.25) is 5.91 Å². The lowest BCUT2D eigenvalue weighted by atomic mass is 10.1. The Morgan fingerprint density at radius 1 is 1.27 bits per heavy atom. The van der Waals surface area contributed by atoms with Crippen LogP contribution in [0.5, 0.6) is 5.75 Å². The van der Waals surface area contributed by atoms with E-state index in [4.69, 9.17) is 16.3 Å². The van der Waals surface area contributed by atoms with E-state index in [0.29, 0.717) is 29.0 Å². The number of benzene rings is 2. The maximum atomic E-state index is 14.4. The topological polar surface area (TPSA) is 91.4 Å². The summed E-state index contributed by atoms with van der Waals surface area (Å²) in [7, 11) is 5.51. The molecule has 0 spiro atoms. The van der Waals surface area contributed by atoms with Crippen molar-refractivity contribution in [1.29, 1.82) is 0 Å². The van der Waals surface area contributed by atoms with Crippen LogP contribution in [-0.4, -0.2) is 61.1 Å². The highest BCUT2D eigenvalue weighted by Gasteiger charge is 2.16. The maximum absolute atomic E-state index is 14.4. The van der Waals surface area contributed by atoms with Crippen LogP contribution in [0.1, 0.15) is 12.5 Å². The fourth-order valence-corrected chi connectivity index (χ4v) is 3.39. The number of aromatic nitrogens is 2. The molecule has 3 aromatic rings. The summed E-state index contributed by atoms with van der Waals surface area (Å²) in [5.41, 5.74) is 1.55. The van der Waals surface area contributed by atoms with Gasteiger partial charge in [-0.3, -0.25) is 4.79 Å². The zero-order valence-corrected chi connectivity index (χ0v) is 19.8. The number of hydrogen-bond donors (Lipinski definition) is 3. The lowest BCUT2D eigenvalue weighted by molar-refractivity contribution is -0.122. The number of fused-ring (bicyclic) bond motifs is 1. The third kappa shape index (κ3) is 6.28. The Balaban J connectivity index is 1.81. The van der Waals surface area contributed by atoms with E-state index in [1.54, 1.807) is 25.3 Å². The van der Waals surface area contributed by atoms with Crippen molar-refractivity contribution < 1.29 is 13.9 Å². The highest BCUT2D eigenvalue weighted by atomic mass is 35.5. The minimum atomic E-state index is -0.567. The second kappa shape index (κ2) is 11.2. The van der Waals surface area contributed by atoms with Crippen LogP contribution in [0.15, 0.2) is 36.7 Å². The van der Waals surface area contributed by atoms with Crippen molar-refractivity contribution >= 4 is 39.9 Å². The number of likely N-dealkylation sites (N-methyl/N-ethyl adjacent to an activating group) is 1. The number of rotatable bonds is 10. The average Bonchev–Trinajstić information content (AvgIpc) is 2.79. The number of ether oxygens (including phenoxy) is 1. The Bertz CT molecular complexity index is 1130. The predicted octanol–water partition coefficient (Wildman–Crippen LogP) is 3.33. The molecule has 33 heavy (non-hydrogen) atoms. The molecule has 1 heterocycles. The van der Waals surface area contributed by atoms with Gasteiger partial charge in [0.15, 0.2) is 5.82 Å². The Hall–Kier alpha value is -3.01. The van der Waals surface area contributed by atoms with E-state index in [1.807, 2.05) is 32.0 Å². The van der Waals surface area contributed by atoms with E-state index in [1.165, 1.54) is 12.4 Å². The summed E-state index contributed by atoms with van der Waals surface area (Å²) in [6.07, 6.45) is 1.38. The fraction of sp³-hybridized carbons (Fsp3) is 0.348. The molecular formula is C23H28ClFN6O2. The van der Waals surface area contributed by atoms with Gasteiger partial charge in [-0.15, -0.1) is 0 Å². The van der Waals surface area contributed by atoms with Gasteiger partial charge in [-0.25, -0.2) is 14.4 Å². The van der Waals surface area contributed by atoms with Crippen LogP contribution in [-0.2, 0) is 11.3 Å². The first kappa shape index (κ1) is 24.6. The van der Waals surface area contributed by atoms with Crippen LogP contribution < -0.4 is 20.7 Å². The molecule has 0 aliphatic rings. The Labute approximate surface area is 197 Å². The van der Waals surface area contributed by atoms with E-state index >= 15 is 0 Å². The number of nitrogens with one attached hydrogen (secondary N) is 3. The lowest BCUT2D eigenvalue weighted by Crippen LogP contribution is -2.43. The molecule has 2 aromatic carbocycles. The van der Waals surface area contributed by atoms with Crippen molar-refractivity contribution in [3.05, 3.63) is 53.1 Å². The predicted molar refractivity (Wildman–Crippen MR) is 129 cm³/mol. The van der Waals surface area contributed by atoms with Gasteiger partial charge < -0.3 is 25.6 Å². The number of hydrogen-bond acceptors (Lipinski definition) is 7. The van der Waals surface area contributed by atoms with Gasteiger partial charge in [0, 0.05) is 36.7 Å². The molecule has 3 rings (SSSR count). The molecule has 8 nitrogen and oxygen atoms in total. The fourth-order valence-electron chi connectivity index (χ4n) is 3.22. The molecule has 0 saturated heterocycles. The van der Waals surface area contributed by atoms with Gasteiger partial charge in [-0.2, -0.15) is 0 Å². The molecule has 1 atom stereocenters. The van der Waals surface area contributed by atoms with E-state index in [0.717, 1.165) is 12.1 Å². The molecule has 0 saturated carbocycles. The summed E-state index contributed by atoms with van der Waals surface area (Å²) in [6, 6.07) is 7.93. The molecular weight excluding hydrogens is 447 g/mol. The molecule has 0 radical (unpaired) electrons. The highest BCUT2D eigenvalue weighted by Crippen LogP contribution is 2.31. The van der Waals surface area contributed by atoms with Gasteiger partial charge in [-0.1, -0.05) is 17.7 Å². The number of methoxy groups -OCH3 is 1.